The van der Waals surface area contributed by atoms with Crippen molar-refractivity contribution in [1.29, 1.82) is 0 Å². The van der Waals surface area contributed by atoms with Gasteiger partial charge in [-0.3, -0.25) is 0 Å². The van der Waals surface area contributed by atoms with E-state index in [2.05, 4.69) is 17.1 Å². The van der Waals surface area contributed by atoms with Crippen molar-refractivity contribution in [2.24, 2.45) is 5.92 Å². The Balaban J connectivity index is 2.10. The highest BCUT2D eigenvalue weighted by atomic mass is 32.2. The summed E-state index contributed by atoms with van der Waals surface area (Å²) >= 11 is 0. The van der Waals surface area contributed by atoms with E-state index in [0.717, 1.165) is 13.1 Å². The Morgan fingerprint density at radius 3 is 2.33 bits per heavy atom. The van der Waals surface area contributed by atoms with E-state index in [1.165, 1.54) is 25.9 Å². The summed E-state index contributed by atoms with van der Waals surface area (Å²) in [5, 5.41) is 3.00. The lowest BCUT2D eigenvalue weighted by Crippen LogP contribution is -2.34. The Kier molecular flexibility index (Phi) is 6.60. The zero-order valence-electron chi connectivity index (χ0n) is 12.0. The summed E-state index contributed by atoms with van der Waals surface area (Å²) < 4.78 is 23.2. The van der Waals surface area contributed by atoms with Crippen LogP contribution in [-0.2, 0) is 9.84 Å². The molecule has 0 aliphatic carbocycles. The summed E-state index contributed by atoms with van der Waals surface area (Å²) in [4.78, 5) is 2.50. The predicted molar refractivity (Wildman–Crippen MR) is 76.6 cm³/mol. The molecule has 4 nitrogen and oxygen atoms in total. The average Bonchev–Trinajstić information content (AvgIpc) is 2.77. The molecule has 1 saturated heterocycles. The van der Waals surface area contributed by atoms with E-state index in [0.29, 0.717) is 12.5 Å². The van der Waals surface area contributed by atoms with Gasteiger partial charge in [0.05, 0.1) is 11.0 Å². The second-order valence-corrected chi connectivity index (χ2v) is 8.41. The van der Waals surface area contributed by atoms with Crippen molar-refractivity contribution in [3.63, 3.8) is 0 Å². The molecule has 18 heavy (non-hydrogen) atoms. The van der Waals surface area contributed by atoms with Gasteiger partial charge in [0.25, 0.3) is 0 Å². The first-order valence-electron chi connectivity index (χ1n) is 7.06. The summed E-state index contributed by atoms with van der Waals surface area (Å²) in [5.41, 5.74) is 0. The fourth-order valence-corrected chi connectivity index (χ4v) is 3.17. The molecular weight excluding hydrogens is 248 g/mol. The number of hydrogen-bond acceptors (Lipinski definition) is 4. The molecule has 0 saturated carbocycles. The number of sulfone groups is 1. The van der Waals surface area contributed by atoms with Gasteiger partial charge in [-0.05, 0) is 52.2 Å². The highest BCUT2D eigenvalue weighted by Gasteiger charge is 2.16. The van der Waals surface area contributed by atoms with E-state index in [-0.39, 0.29) is 11.0 Å². The molecule has 0 spiro atoms. The van der Waals surface area contributed by atoms with Crippen LogP contribution < -0.4 is 5.32 Å². The molecule has 1 aliphatic heterocycles. The Morgan fingerprint density at radius 2 is 1.78 bits per heavy atom. The molecule has 108 valence electrons. The number of rotatable bonds is 8. The third-order valence-corrected chi connectivity index (χ3v) is 5.75. The number of nitrogens with zero attached hydrogens (tertiary/aromatic N) is 1. The molecule has 1 N–H and O–H groups in total. The van der Waals surface area contributed by atoms with Gasteiger partial charge in [0, 0.05) is 13.1 Å². The van der Waals surface area contributed by atoms with Crippen molar-refractivity contribution in [2.75, 3.05) is 38.5 Å². The van der Waals surface area contributed by atoms with Crippen LogP contribution in [0.1, 0.15) is 33.6 Å². The van der Waals surface area contributed by atoms with Crippen LogP contribution in [0, 0.1) is 5.92 Å². The van der Waals surface area contributed by atoms with E-state index >= 15 is 0 Å². The normalized spacial score (nSPS) is 19.6. The van der Waals surface area contributed by atoms with Crippen LogP contribution in [0.2, 0.25) is 0 Å². The first-order chi connectivity index (χ1) is 8.42. The average molecular weight is 276 g/mol. The highest BCUT2D eigenvalue weighted by Crippen LogP contribution is 2.09. The molecule has 1 unspecified atom stereocenters. The molecule has 0 bridgehead atoms. The van der Waals surface area contributed by atoms with Crippen molar-refractivity contribution < 1.29 is 8.42 Å². The third kappa shape index (κ3) is 5.67. The first-order valence-corrected chi connectivity index (χ1v) is 8.78. The molecule has 1 fully saturated rings. The van der Waals surface area contributed by atoms with Crippen molar-refractivity contribution in [1.82, 2.24) is 10.2 Å². The van der Waals surface area contributed by atoms with Gasteiger partial charge in [-0.2, -0.15) is 0 Å². The Hall–Kier alpha value is -0.130. The maximum absolute atomic E-state index is 11.6. The van der Waals surface area contributed by atoms with Gasteiger partial charge in [0.2, 0.25) is 0 Å². The molecule has 1 aliphatic rings. The lowest BCUT2D eigenvalue weighted by molar-refractivity contribution is 0.284. The van der Waals surface area contributed by atoms with Gasteiger partial charge < -0.3 is 10.2 Å². The van der Waals surface area contributed by atoms with Gasteiger partial charge in [-0.25, -0.2) is 8.42 Å². The van der Waals surface area contributed by atoms with E-state index in [1.54, 1.807) is 13.8 Å². The fourth-order valence-electron chi connectivity index (χ4n) is 2.27. The highest BCUT2D eigenvalue weighted by molar-refractivity contribution is 7.92. The first kappa shape index (κ1) is 15.9. The van der Waals surface area contributed by atoms with Crippen LogP contribution in [0.5, 0.6) is 0 Å². The standard InChI is InChI=1S/C13H28N2O2S/c1-12(2)18(16,17)9-6-14-10-13(3)11-15-7-4-5-8-15/h12-14H,4-11H2,1-3H3. The number of nitrogens with one attached hydrogen (secondary N) is 1. The van der Waals surface area contributed by atoms with Crippen molar-refractivity contribution >= 4 is 9.84 Å². The Labute approximate surface area is 112 Å². The van der Waals surface area contributed by atoms with Crippen LogP contribution >= 0.6 is 0 Å². The zero-order chi connectivity index (χ0) is 13.6. The van der Waals surface area contributed by atoms with Gasteiger partial charge >= 0.3 is 0 Å². The quantitative estimate of drug-likeness (QED) is 0.675. The third-order valence-electron chi connectivity index (χ3n) is 3.54. The van der Waals surface area contributed by atoms with Crippen LogP contribution in [0.4, 0.5) is 0 Å². The van der Waals surface area contributed by atoms with E-state index in [1.807, 2.05) is 0 Å². The maximum atomic E-state index is 11.6. The van der Waals surface area contributed by atoms with Gasteiger partial charge in [0.15, 0.2) is 9.84 Å². The minimum atomic E-state index is -2.89. The molecule has 0 amide bonds. The van der Waals surface area contributed by atoms with E-state index in [4.69, 9.17) is 0 Å². The number of hydrogen-bond donors (Lipinski definition) is 1. The minimum absolute atomic E-state index is 0.251. The van der Waals surface area contributed by atoms with Gasteiger partial charge in [-0.15, -0.1) is 0 Å². The topological polar surface area (TPSA) is 49.4 Å². The van der Waals surface area contributed by atoms with Crippen molar-refractivity contribution in [3.05, 3.63) is 0 Å². The van der Waals surface area contributed by atoms with Crippen LogP contribution in [0.3, 0.4) is 0 Å². The lowest BCUT2D eigenvalue weighted by Gasteiger charge is -2.20. The van der Waals surface area contributed by atoms with Crippen LogP contribution in [-0.4, -0.2) is 57.0 Å². The molecule has 0 aromatic heterocycles. The molecule has 1 rings (SSSR count). The SMILES string of the molecule is CC(CNCCS(=O)(=O)C(C)C)CN1CCCC1. The molecule has 1 heterocycles. The zero-order valence-corrected chi connectivity index (χ0v) is 12.8. The second kappa shape index (κ2) is 7.46. The van der Waals surface area contributed by atoms with Crippen LogP contribution in [0.15, 0.2) is 0 Å². The second-order valence-electron chi connectivity index (χ2n) is 5.73. The monoisotopic (exact) mass is 276 g/mol. The van der Waals surface area contributed by atoms with E-state index < -0.39 is 9.84 Å². The molecule has 5 heteroatoms. The molecule has 0 radical (unpaired) electrons. The van der Waals surface area contributed by atoms with Gasteiger partial charge in [-0.1, -0.05) is 6.92 Å². The molecule has 1 atom stereocenters. The largest absolute Gasteiger partial charge is 0.315 e. The number of likely N-dealkylation sites (tertiary alicyclic amines) is 1. The molecule has 0 aromatic carbocycles. The summed E-state index contributed by atoms with van der Waals surface area (Å²) in [6.45, 7) is 10.8. The fraction of sp³-hybridized carbons (Fsp3) is 1.00. The smallest absolute Gasteiger partial charge is 0.153 e. The minimum Gasteiger partial charge on any atom is -0.315 e. The van der Waals surface area contributed by atoms with Crippen molar-refractivity contribution in [2.45, 2.75) is 38.9 Å². The van der Waals surface area contributed by atoms with Crippen molar-refractivity contribution in [3.8, 4) is 0 Å². The van der Waals surface area contributed by atoms with Gasteiger partial charge in [0.1, 0.15) is 0 Å². The van der Waals surface area contributed by atoms with E-state index in [9.17, 15) is 8.42 Å². The summed E-state index contributed by atoms with van der Waals surface area (Å²) in [7, 11) is -2.89. The maximum Gasteiger partial charge on any atom is 0.153 e. The summed E-state index contributed by atoms with van der Waals surface area (Å²) in [6.07, 6.45) is 2.65. The molecular formula is C13H28N2O2S. The Bertz CT molecular complexity index is 322. The Morgan fingerprint density at radius 1 is 1.17 bits per heavy atom. The summed E-state index contributed by atoms with van der Waals surface area (Å²) in [6, 6.07) is 0. The summed E-state index contributed by atoms with van der Waals surface area (Å²) in [5.74, 6) is 0.839. The lowest BCUT2D eigenvalue weighted by atomic mass is 10.1. The predicted octanol–water partition coefficient (Wildman–Crippen LogP) is 1.13. The molecule has 0 aromatic rings. The van der Waals surface area contributed by atoms with Crippen LogP contribution in [0.25, 0.3) is 0 Å².